The van der Waals surface area contributed by atoms with Crippen molar-refractivity contribution in [2.24, 2.45) is 0 Å². The molecule has 3 aromatic carbocycles. The number of benzene rings is 3. The lowest BCUT2D eigenvalue weighted by Crippen LogP contribution is -2.27. The van der Waals surface area contributed by atoms with E-state index in [4.69, 9.17) is 16.3 Å². The van der Waals surface area contributed by atoms with E-state index in [1.54, 1.807) is 30.3 Å². The van der Waals surface area contributed by atoms with Gasteiger partial charge < -0.3 is 10.1 Å². The van der Waals surface area contributed by atoms with Crippen LogP contribution in [-0.4, -0.2) is 33.9 Å². The fraction of sp³-hybridized carbons (Fsp3) is 0.130. The molecule has 3 aromatic rings. The Hall–Kier alpha value is -3.57. The van der Waals surface area contributed by atoms with Crippen molar-refractivity contribution in [1.29, 1.82) is 0 Å². The molecular weight excluding hydrogens is 509 g/mol. The van der Waals surface area contributed by atoms with E-state index in [2.05, 4.69) is 5.32 Å². The number of carbonyl (C=O) groups excluding carboxylic acids is 2. The highest BCUT2D eigenvalue weighted by Gasteiger charge is 2.30. The smallest absolute Gasteiger partial charge is 0.416 e. The Morgan fingerprint density at radius 3 is 2.34 bits per heavy atom. The lowest BCUT2D eigenvalue weighted by molar-refractivity contribution is -0.137. The predicted octanol–water partition coefficient (Wildman–Crippen LogP) is 4.98. The third-order valence-corrected chi connectivity index (χ3v) is 7.00. The first-order valence-corrected chi connectivity index (χ1v) is 11.7. The number of amides is 1. The first kappa shape index (κ1) is 26.0. The molecule has 7 nitrogen and oxygen atoms in total. The van der Waals surface area contributed by atoms with E-state index in [9.17, 15) is 31.2 Å². The van der Waals surface area contributed by atoms with Gasteiger partial charge in [0.25, 0.3) is 15.9 Å². The molecule has 0 atom stereocenters. The zero-order chi connectivity index (χ0) is 25.8. The third-order valence-electron chi connectivity index (χ3n) is 4.73. The van der Waals surface area contributed by atoms with E-state index < -0.39 is 40.2 Å². The van der Waals surface area contributed by atoms with Crippen molar-refractivity contribution < 1.29 is 35.9 Å². The topological polar surface area (TPSA) is 92.8 Å². The number of sulfonamides is 1. The maximum atomic E-state index is 13.0. The van der Waals surface area contributed by atoms with Crippen LogP contribution in [0.5, 0.6) is 0 Å². The second-order valence-corrected chi connectivity index (χ2v) is 9.50. The molecule has 0 bridgehead atoms. The number of nitrogens with zero attached hydrogens (tertiary/aromatic N) is 1. The van der Waals surface area contributed by atoms with Gasteiger partial charge in [0.1, 0.15) is 4.90 Å². The van der Waals surface area contributed by atoms with Crippen LogP contribution in [0.4, 0.5) is 24.5 Å². The summed E-state index contributed by atoms with van der Waals surface area (Å²) >= 11 is 6.08. The summed E-state index contributed by atoms with van der Waals surface area (Å²) in [6, 6.07) is 15.6. The Labute approximate surface area is 204 Å². The highest BCUT2D eigenvalue weighted by molar-refractivity contribution is 7.93. The molecule has 0 aromatic heterocycles. The number of esters is 1. The number of halogens is 4. The molecule has 1 amide bonds. The first-order chi connectivity index (χ1) is 16.4. The number of alkyl halides is 3. The molecule has 0 unspecified atom stereocenters. The minimum Gasteiger partial charge on any atom is -0.452 e. The molecule has 12 heteroatoms. The number of rotatable bonds is 7. The minimum absolute atomic E-state index is 0.133. The lowest BCUT2D eigenvalue weighted by atomic mass is 10.2. The van der Waals surface area contributed by atoms with Gasteiger partial charge >= 0.3 is 12.1 Å². The van der Waals surface area contributed by atoms with Gasteiger partial charge in [0, 0.05) is 12.7 Å². The second-order valence-electron chi connectivity index (χ2n) is 7.16. The van der Waals surface area contributed by atoms with E-state index in [0.717, 1.165) is 28.6 Å². The van der Waals surface area contributed by atoms with E-state index in [1.165, 1.54) is 25.2 Å². The molecule has 0 heterocycles. The number of ether oxygens (including phenoxy) is 1. The molecule has 0 radical (unpaired) electrons. The van der Waals surface area contributed by atoms with Crippen LogP contribution in [0, 0.1) is 0 Å². The quantitative estimate of drug-likeness (QED) is 0.438. The van der Waals surface area contributed by atoms with Crippen LogP contribution in [0.15, 0.2) is 77.7 Å². The van der Waals surface area contributed by atoms with E-state index in [0.29, 0.717) is 5.69 Å². The number of hydrogen-bond acceptors (Lipinski definition) is 5. The summed E-state index contributed by atoms with van der Waals surface area (Å²) < 4.78 is 70.4. The molecule has 0 fully saturated rings. The van der Waals surface area contributed by atoms with Crippen LogP contribution < -0.4 is 9.62 Å². The summed E-state index contributed by atoms with van der Waals surface area (Å²) in [5.41, 5.74) is -0.920. The molecule has 0 aliphatic carbocycles. The molecule has 0 saturated carbocycles. The van der Waals surface area contributed by atoms with Crippen LogP contribution in [0.2, 0.25) is 5.02 Å². The summed E-state index contributed by atoms with van der Waals surface area (Å²) in [4.78, 5) is 24.1. The Morgan fingerprint density at radius 1 is 1.00 bits per heavy atom. The van der Waals surface area contributed by atoms with Crippen molar-refractivity contribution >= 4 is 44.9 Å². The largest absolute Gasteiger partial charge is 0.452 e. The summed E-state index contributed by atoms with van der Waals surface area (Å²) in [6.45, 7) is -0.816. The molecular formula is C23H18ClF3N2O5S. The number of nitrogens with one attached hydrogen (secondary N) is 1. The van der Waals surface area contributed by atoms with Crippen molar-refractivity contribution in [2.45, 2.75) is 11.1 Å². The van der Waals surface area contributed by atoms with Crippen molar-refractivity contribution in [3.63, 3.8) is 0 Å². The van der Waals surface area contributed by atoms with E-state index >= 15 is 0 Å². The van der Waals surface area contributed by atoms with Crippen LogP contribution in [0.25, 0.3) is 0 Å². The molecule has 184 valence electrons. The van der Waals surface area contributed by atoms with Crippen molar-refractivity contribution in [1.82, 2.24) is 0 Å². The fourth-order valence-corrected chi connectivity index (χ4v) is 4.63. The molecule has 0 spiro atoms. The van der Waals surface area contributed by atoms with Crippen LogP contribution in [-0.2, 0) is 25.7 Å². The third kappa shape index (κ3) is 6.31. The predicted molar refractivity (Wildman–Crippen MR) is 124 cm³/mol. The number of carbonyl (C=O) groups is 2. The number of para-hydroxylation sites is 1. The molecule has 0 aliphatic rings. The monoisotopic (exact) mass is 526 g/mol. The maximum absolute atomic E-state index is 13.0. The zero-order valence-electron chi connectivity index (χ0n) is 18.0. The first-order valence-electron chi connectivity index (χ1n) is 9.87. The van der Waals surface area contributed by atoms with Gasteiger partial charge in [-0.05, 0) is 48.5 Å². The minimum atomic E-state index is -4.59. The zero-order valence-corrected chi connectivity index (χ0v) is 19.6. The van der Waals surface area contributed by atoms with Gasteiger partial charge in [0.15, 0.2) is 6.61 Å². The van der Waals surface area contributed by atoms with Crippen LogP contribution in [0.1, 0.15) is 15.9 Å². The number of anilines is 2. The molecule has 3 rings (SSSR count). The Balaban J connectivity index is 1.71. The Kier molecular flexibility index (Phi) is 7.71. The molecule has 1 N–H and O–H groups in total. The standard InChI is InChI=1S/C23H18ClF3N2O5S/c1-29(18-8-3-2-4-9-18)35(32,33)20-12-15(10-11-19(20)24)22(31)34-14-21(30)28-17-7-5-6-16(13-17)23(25,26)27/h2-13H,14H2,1H3,(H,28,30). The van der Waals surface area contributed by atoms with Gasteiger partial charge in [-0.3, -0.25) is 9.10 Å². The highest BCUT2D eigenvalue weighted by atomic mass is 35.5. The summed E-state index contributed by atoms with van der Waals surface area (Å²) in [5.74, 6) is -1.91. The van der Waals surface area contributed by atoms with E-state index in [1.807, 2.05) is 0 Å². The van der Waals surface area contributed by atoms with Crippen molar-refractivity contribution in [2.75, 3.05) is 23.3 Å². The van der Waals surface area contributed by atoms with Crippen LogP contribution >= 0.6 is 11.6 Å². The SMILES string of the molecule is CN(c1ccccc1)S(=O)(=O)c1cc(C(=O)OCC(=O)Nc2cccc(C(F)(F)F)c2)ccc1Cl. The Morgan fingerprint density at radius 2 is 1.69 bits per heavy atom. The number of hydrogen-bond donors (Lipinski definition) is 1. The summed E-state index contributed by atoms with van der Waals surface area (Å²) in [6.07, 6.45) is -4.59. The second kappa shape index (κ2) is 10.4. The van der Waals surface area contributed by atoms with Gasteiger partial charge in [0.2, 0.25) is 0 Å². The van der Waals surface area contributed by atoms with Crippen molar-refractivity contribution in [3.05, 3.63) is 88.9 Å². The highest BCUT2D eigenvalue weighted by Crippen LogP contribution is 2.31. The van der Waals surface area contributed by atoms with Gasteiger partial charge in [-0.1, -0.05) is 35.9 Å². The van der Waals surface area contributed by atoms with Crippen LogP contribution in [0.3, 0.4) is 0 Å². The molecule has 0 aliphatic heterocycles. The van der Waals surface area contributed by atoms with Gasteiger partial charge in [-0.2, -0.15) is 13.2 Å². The maximum Gasteiger partial charge on any atom is 0.416 e. The average molecular weight is 527 g/mol. The molecule has 35 heavy (non-hydrogen) atoms. The Bertz CT molecular complexity index is 1350. The van der Waals surface area contributed by atoms with Crippen molar-refractivity contribution in [3.8, 4) is 0 Å². The van der Waals surface area contributed by atoms with Gasteiger partial charge in [-0.25, -0.2) is 13.2 Å². The summed E-state index contributed by atoms with van der Waals surface area (Å²) in [5, 5.41) is 2.07. The fourth-order valence-electron chi connectivity index (χ4n) is 2.94. The van der Waals surface area contributed by atoms with Gasteiger partial charge in [-0.15, -0.1) is 0 Å². The molecule has 0 saturated heterocycles. The van der Waals surface area contributed by atoms with E-state index in [-0.39, 0.29) is 21.2 Å². The average Bonchev–Trinajstić information content (AvgIpc) is 2.82. The lowest BCUT2D eigenvalue weighted by Gasteiger charge is -2.20. The normalized spacial score (nSPS) is 11.6. The summed E-state index contributed by atoms with van der Waals surface area (Å²) in [7, 11) is -2.82. The van der Waals surface area contributed by atoms with Gasteiger partial charge in [0.05, 0.1) is 21.8 Å².